The highest BCUT2D eigenvalue weighted by molar-refractivity contribution is 5.86. The minimum Gasteiger partial charge on any atom is -0.463 e. The second-order valence-electron chi connectivity index (χ2n) is 9.82. The number of alkyl halides is 2. The average molecular weight is 491 g/mol. The number of aliphatic hydroxyl groups excluding tert-OH is 1. The standard InChI is InChI=1S/C26H44F2O6/c1-19(2)34-25(32)13-9-7-5-4-6-8-12-20-21(23(30)18-22(20)29)14-15-24(31)26(27,28)16-10-11-17-33-3/h19-21,23,30H,4-18H2,1-3H3/t20-,21-,23-/m1/s1. The van der Waals surface area contributed by atoms with Crippen LogP contribution in [0.1, 0.15) is 104 Å². The molecule has 1 saturated carbocycles. The Morgan fingerprint density at radius 2 is 1.65 bits per heavy atom. The number of ketones is 2. The minimum atomic E-state index is -3.37. The van der Waals surface area contributed by atoms with Gasteiger partial charge in [-0.3, -0.25) is 14.4 Å². The Bertz CT molecular complexity index is 622. The lowest BCUT2D eigenvalue weighted by molar-refractivity contribution is -0.147. The van der Waals surface area contributed by atoms with Gasteiger partial charge in [0.05, 0.1) is 12.2 Å². The third kappa shape index (κ3) is 11.8. The highest BCUT2D eigenvalue weighted by Crippen LogP contribution is 2.37. The summed E-state index contributed by atoms with van der Waals surface area (Å²) in [4.78, 5) is 35.9. The first-order valence-corrected chi connectivity index (χ1v) is 12.9. The van der Waals surface area contributed by atoms with Crippen molar-refractivity contribution >= 4 is 17.5 Å². The van der Waals surface area contributed by atoms with Crippen molar-refractivity contribution in [3.8, 4) is 0 Å². The third-order valence-corrected chi connectivity index (χ3v) is 6.55. The Balaban J connectivity index is 2.30. The van der Waals surface area contributed by atoms with Gasteiger partial charge in [0.15, 0.2) is 0 Å². The minimum absolute atomic E-state index is 0.0278. The van der Waals surface area contributed by atoms with Gasteiger partial charge in [0.25, 0.3) is 0 Å². The van der Waals surface area contributed by atoms with E-state index in [1.807, 2.05) is 13.8 Å². The molecule has 0 unspecified atom stereocenters. The topological polar surface area (TPSA) is 89.9 Å². The zero-order chi connectivity index (χ0) is 25.6. The van der Waals surface area contributed by atoms with Crippen LogP contribution in [0.3, 0.4) is 0 Å². The van der Waals surface area contributed by atoms with E-state index < -0.39 is 30.1 Å². The van der Waals surface area contributed by atoms with Gasteiger partial charge >= 0.3 is 11.9 Å². The molecule has 1 rings (SSSR count). The summed E-state index contributed by atoms with van der Waals surface area (Å²) in [7, 11) is 1.50. The zero-order valence-electron chi connectivity index (χ0n) is 21.2. The Morgan fingerprint density at radius 3 is 2.29 bits per heavy atom. The number of unbranched alkanes of at least 4 members (excludes halogenated alkanes) is 6. The van der Waals surface area contributed by atoms with Crippen molar-refractivity contribution in [3.05, 3.63) is 0 Å². The number of carbonyl (C=O) groups is 3. The SMILES string of the molecule is COCCCCC(F)(F)C(=O)CC[C@H]1[C@H](O)CC(=O)[C@@H]1CCCCCCCCC(=O)OC(C)C. The van der Waals surface area contributed by atoms with Crippen LogP contribution in [0.2, 0.25) is 0 Å². The maximum atomic E-state index is 14.1. The van der Waals surface area contributed by atoms with Gasteiger partial charge in [0.1, 0.15) is 5.78 Å². The highest BCUT2D eigenvalue weighted by atomic mass is 19.3. The summed E-state index contributed by atoms with van der Waals surface area (Å²) in [6.45, 7) is 4.04. The number of halogens is 2. The van der Waals surface area contributed by atoms with Crippen LogP contribution in [0.5, 0.6) is 0 Å². The van der Waals surface area contributed by atoms with Gasteiger partial charge in [-0.05, 0) is 51.9 Å². The first-order chi connectivity index (χ1) is 16.1. The van der Waals surface area contributed by atoms with E-state index in [4.69, 9.17) is 9.47 Å². The van der Waals surface area contributed by atoms with Crippen LogP contribution >= 0.6 is 0 Å². The normalized spacial score (nSPS) is 20.8. The van der Waals surface area contributed by atoms with E-state index in [0.717, 1.165) is 38.5 Å². The van der Waals surface area contributed by atoms with E-state index in [9.17, 15) is 28.3 Å². The molecule has 3 atom stereocenters. The number of esters is 1. The van der Waals surface area contributed by atoms with Gasteiger partial charge in [-0.1, -0.05) is 32.1 Å². The molecule has 0 spiro atoms. The fraction of sp³-hybridized carbons (Fsp3) is 0.885. The van der Waals surface area contributed by atoms with E-state index in [1.165, 1.54) is 7.11 Å². The van der Waals surface area contributed by atoms with E-state index in [0.29, 0.717) is 25.9 Å². The maximum absolute atomic E-state index is 14.1. The van der Waals surface area contributed by atoms with E-state index in [2.05, 4.69) is 0 Å². The molecule has 0 aromatic rings. The van der Waals surface area contributed by atoms with Crippen LogP contribution in [0.25, 0.3) is 0 Å². The summed E-state index contributed by atoms with van der Waals surface area (Å²) >= 11 is 0. The van der Waals surface area contributed by atoms with Gasteiger partial charge in [-0.2, -0.15) is 8.78 Å². The number of ether oxygens (including phenoxy) is 2. The predicted molar refractivity (Wildman–Crippen MR) is 126 cm³/mol. The molecule has 1 fully saturated rings. The molecule has 0 heterocycles. The first kappa shape index (κ1) is 30.6. The Hall–Kier alpha value is -1.41. The number of Topliss-reactive ketones (excluding diaryl/α,β-unsaturated/α-hetero) is 2. The van der Waals surface area contributed by atoms with Crippen molar-refractivity contribution in [3.63, 3.8) is 0 Å². The number of hydrogen-bond acceptors (Lipinski definition) is 6. The van der Waals surface area contributed by atoms with E-state index >= 15 is 0 Å². The molecule has 0 saturated heterocycles. The number of methoxy groups -OCH3 is 1. The highest BCUT2D eigenvalue weighted by Gasteiger charge is 2.43. The van der Waals surface area contributed by atoms with E-state index in [-0.39, 0.29) is 49.5 Å². The van der Waals surface area contributed by atoms with Crippen molar-refractivity contribution < 1.29 is 37.7 Å². The zero-order valence-corrected chi connectivity index (χ0v) is 21.2. The summed E-state index contributed by atoms with van der Waals surface area (Å²) < 4.78 is 38.2. The van der Waals surface area contributed by atoms with Crippen molar-refractivity contribution in [2.24, 2.45) is 11.8 Å². The molecule has 0 bridgehead atoms. The van der Waals surface area contributed by atoms with Gasteiger partial charge in [0, 0.05) is 45.3 Å². The van der Waals surface area contributed by atoms with Crippen LogP contribution in [0.4, 0.5) is 8.78 Å². The maximum Gasteiger partial charge on any atom is 0.306 e. The second-order valence-corrected chi connectivity index (χ2v) is 9.82. The third-order valence-electron chi connectivity index (χ3n) is 6.55. The van der Waals surface area contributed by atoms with Crippen molar-refractivity contribution in [1.29, 1.82) is 0 Å². The lowest BCUT2D eigenvalue weighted by atomic mass is 9.85. The quantitative estimate of drug-likeness (QED) is 0.192. The molecule has 6 nitrogen and oxygen atoms in total. The van der Waals surface area contributed by atoms with Crippen LogP contribution in [0.15, 0.2) is 0 Å². The van der Waals surface area contributed by atoms with Gasteiger partial charge < -0.3 is 14.6 Å². The number of rotatable bonds is 19. The number of hydrogen-bond donors (Lipinski definition) is 1. The van der Waals surface area contributed by atoms with Gasteiger partial charge in [-0.15, -0.1) is 0 Å². The predicted octanol–water partition coefficient (Wildman–Crippen LogP) is 5.43. The first-order valence-electron chi connectivity index (χ1n) is 12.9. The Morgan fingerprint density at radius 1 is 1.00 bits per heavy atom. The molecule has 0 aliphatic heterocycles. The van der Waals surface area contributed by atoms with Gasteiger partial charge in [-0.25, -0.2) is 0 Å². The van der Waals surface area contributed by atoms with Crippen molar-refractivity contribution in [1.82, 2.24) is 0 Å². The molecule has 34 heavy (non-hydrogen) atoms. The fourth-order valence-electron chi connectivity index (χ4n) is 4.66. The van der Waals surface area contributed by atoms with Crippen molar-refractivity contribution in [2.45, 2.75) is 122 Å². The summed E-state index contributed by atoms with van der Waals surface area (Å²) in [5.74, 6) is -5.45. The molecule has 1 N–H and O–H groups in total. The lowest BCUT2D eigenvalue weighted by Crippen LogP contribution is -2.30. The smallest absolute Gasteiger partial charge is 0.306 e. The average Bonchev–Trinajstić information content (AvgIpc) is 3.02. The van der Waals surface area contributed by atoms with Gasteiger partial charge in [0.2, 0.25) is 5.78 Å². The summed E-state index contributed by atoms with van der Waals surface area (Å²) in [6, 6.07) is 0. The largest absolute Gasteiger partial charge is 0.463 e. The fourth-order valence-corrected chi connectivity index (χ4v) is 4.66. The number of aliphatic hydroxyl groups is 1. The summed E-state index contributed by atoms with van der Waals surface area (Å²) in [6.07, 6.45) is 5.61. The monoisotopic (exact) mass is 490 g/mol. The molecule has 0 aromatic heterocycles. The van der Waals surface area contributed by atoms with Crippen LogP contribution in [-0.2, 0) is 23.9 Å². The molecule has 0 radical (unpaired) electrons. The van der Waals surface area contributed by atoms with Crippen molar-refractivity contribution in [2.75, 3.05) is 13.7 Å². The lowest BCUT2D eigenvalue weighted by Gasteiger charge is -2.22. The second kappa shape index (κ2) is 16.3. The summed E-state index contributed by atoms with van der Waals surface area (Å²) in [5, 5.41) is 10.3. The van der Waals surface area contributed by atoms with Crippen LogP contribution < -0.4 is 0 Å². The molecule has 0 amide bonds. The van der Waals surface area contributed by atoms with Crippen LogP contribution in [-0.4, -0.2) is 54.5 Å². The molecule has 1 aliphatic carbocycles. The molecule has 198 valence electrons. The Kier molecular flexibility index (Phi) is 14.7. The van der Waals surface area contributed by atoms with E-state index in [1.54, 1.807) is 0 Å². The molecule has 0 aromatic carbocycles. The molecule has 1 aliphatic rings. The Labute approximate surface area is 203 Å². The molecule has 8 heteroatoms. The number of carbonyl (C=O) groups excluding carboxylic acids is 3. The van der Waals surface area contributed by atoms with Crippen LogP contribution in [0, 0.1) is 11.8 Å². The summed E-state index contributed by atoms with van der Waals surface area (Å²) in [5.41, 5.74) is 0. The molecular weight excluding hydrogens is 446 g/mol. The molecular formula is C26H44F2O6.